The van der Waals surface area contributed by atoms with Crippen molar-refractivity contribution in [2.75, 3.05) is 13.1 Å². The fraction of sp³-hybridized carbons (Fsp3) is 0.818. The van der Waals surface area contributed by atoms with Gasteiger partial charge in [0.2, 0.25) is 0 Å². The van der Waals surface area contributed by atoms with Crippen LogP contribution < -0.4 is 0 Å². The van der Waals surface area contributed by atoms with Crippen molar-refractivity contribution < 1.29 is 9.90 Å². The number of hydrogen-bond acceptors (Lipinski definition) is 5. The molecule has 100 valence electrons. The van der Waals surface area contributed by atoms with Crippen molar-refractivity contribution >= 4 is 5.97 Å². The predicted molar refractivity (Wildman–Crippen MR) is 63.7 cm³/mol. The Hall–Kier alpha value is -1.50. The van der Waals surface area contributed by atoms with Gasteiger partial charge in [-0.25, -0.2) is 4.68 Å². The molecule has 1 aliphatic rings. The maximum atomic E-state index is 11.1. The van der Waals surface area contributed by atoms with Gasteiger partial charge in [-0.1, -0.05) is 13.8 Å². The molecule has 1 fully saturated rings. The summed E-state index contributed by atoms with van der Waals surface area (Å²) in [4.78, 5) is 13.2. The Labute approximate surface area is 106 Å². The van der Waals surface area contributed by atoms with Crippen molar-refractivity contribution in [1.29, 1.82) is 0 Å². The molecule has 1 aliphatic heterocycles. The lowest BCUT2D eigenvalue weighted by Crippen LogP contribution is -2.24. The highest BCUT2D eigenvalue weighted by Gasteiger charge is 2.35. The maximum Gasteiger partial charge on any atom is 0.308 e. The smallest absolute Gasteiger partial charge is 0.308 e. The largest absolute Gasteiger partial charge is 0.481 e. The van der Waals surface area contributed by atoms with Crippen LogP contribution in [0.4, 0.5) is 0 Å². The predicted octanol–water partition coefficient (Wildman–Crippen LogP) is 0.236. The molecule has 2 atom stereocenters. The second kappa shape index (κ2) is 5.43. The van der Waals surface area contributed by atoms with Crippen LogP contribution in [0.3, 0.4) is 0 Å². The summed E-state index contributed by atoms with van der Waals surface area (Å²) in [6.07, 6.45) is 0.978. The molecule has 0 aromatic carbocycles. The van der Waals surface area contributed by atoms with E-state index in [4.69, 9.17) is 5.11 Å². The van der Waals surface area contributed by atoms with E-state index in [1.165, 1.54) is 0 Å². The number of nitrogens with zero attached hydrogens (tertiary/aromatic N) is 5. The molecule has 1 N–H and O–H groups in total. The van der Waals surface area contributed by atoms with Gasteiger partial charge >= 0.3 is 5.97 Å². The topological polar surface area (TPSA) is 84.1 Å². The number of tetrazole rings is 1. The fourth-order valence-corrected chi connectivity index (χ4v) is 2.44. The highest BCUT2D eigenvalue weighted by Crippen LogP contribution is 2.24. The fourth-order valence-electron chi connectivity index (χ4n) is 2.44. The van der Waals surface area contributed by atoms with Gasteiger partial charge in [0.25, 0.3) is 0 Å². The Morgan fingerprint density at radius 3 is 2.89 bits per heavy atom. The van der Waals surface area contributed by atoms with Crippen LogP contribution in [0, 0.1) is 11.8 Å². The summed E-state index contributed by atoms with van der Waals surface area (Å²) in [5.41, 5.74) is 0. The zero-order chi connectivity index (χ0) is 13.1. The molecule has 7 heteroatoms. The van der Waals surface area contributed by atoms with Gasteiger partial charge in [0, 0.05) is 19.6 Å². The van der Waals surface area contributed by atoms with Crippen LogP contribution in [0.1, 0.15) is 26.1 Å². The monoisotopic (exact) mass is 253 g/mol. The molecule has 0 radical (unpaired) electrons. The first-order chi connectivity index (χ1) is 8.61. The average molecular weight is 253 g/mol. The highest BCUT2D eigenvalue weighted by atomic mass is 16.4. The van der Waals surface area contributed by atoms with Crippen LogP contribution in [0.25, 0.3) is 0 Å². The molecular weight excluding hydrogens is 234 g/mol. The van der Waals surface area contributed by atoms with E-state index in [9.17, 15) is 4.79 Å². The first-order valence-electron chi connectivity index (χ1n) is 6.32. The summed E-state index contributed by atoms with van der Waals surface area (Å²) < 4.78 is 1.79. The third-order valence-corrected chi connectivity index (χ3v) is 3.41. The van der Waals surface area contributed by atoms with Crippen molar-refractivity contribution in [3.8, 4) is 0 Å². The molecular formula is C11H19N5O2. The molecule has 1 aromatic heterocycles. The molecule has 0 saturated carbocycles. The van der Waals surface area contributed by atoms with Gasteiger partial charge in [0.15, 0.2) is 5.82 Å². The molecule has 0 spiro atoms. The van der Waals surface area contributed by atoms with E-state index < -0.39 is 5.97 Å². The molecule has 2 heterocycles. The van der Waals surface area contributed by atoms with Gasteiger partial charge < -0.3 is 5.11 Å². The van der Waals surface area contributed by atoms with Crippen LogP contribution in [0.5, 0.6) is 0 Å². The van der Waals surface area contributed by atoms with E-state index in [-0.39, 0.29) is 11.8 Å². The van der Waals surface area contributed by atoms with E-state index in [0.29, 0.717) is 13.1 Å². The van der Waals surface area contributed by atoms with Crippen LogP contribution >= 0.6 is 0 Å². The first kappa shape index (κ1) is 12.9. The molecule has 18 heavy (non-hydrogen) atoms. The zero-order valence-electron chi connectivity index (χ0n) is 10.8. The zero-order valence-corrected chi connectivity index (χ0v) is 10.8. The van der Waals surface area contributed by atoms with Crippen LogP contribution in [0.2, 0.25) is 0 Å². The Balaban J connectivity index is 1.98. The molecule has 1 aromatic rings. The number of carbonyl (C=O) groups is 1. The van der Waals surface area contributed by atoms with Crippen molar-refractivity contribution in [1.82, 2.24) is 25.1 Å². The number of aryl methyl sites for hydroxylation is 1. The standard InChI is InChI=1S/C11H19N5O2/c1-3-4-16-10(12-13-14-16)7-15-5-8(2)9(6-15)11(17)18/h8-9H,3-7H2,1-2H3,(H,17,18)/t8-,9-/m1/s1. The van der Waals surface area contributed by atoms with Crippen molar-refractivity contribution in [3.05, 3.63) is 5.82 Å². The number of carboxylic acids is 1. The number of likely N-dealkylation sites (tertiary alicyclic amines) is 1. The Morgan fingerprint density at radius 1 is 1.50 bits per heavy atom. The summed E-state index contributed by atoms with van der Waals surface area (Å²) in [7, 11) is 0. The van der Waals surface area contributed by atoms with Gasteiger partial charge in [-0.15, -0.1) is 5.10 Å². The molecule has 7 nitrogen and oxygen atoms in total. The van der Waals surface area contributed by atoms with E-state index in [0.717, 1.165) is 25.3 Å². The van der Waals surface area contributed by atoms with Gasteiger partial charge in [-0.2, -0.15) is 0 Å². The van der Waals surface area contributed by atoms with Crippen molar-refractivity contribution in [3.63, 3.8) is 0 Å². The molecule has 1 saturated heterocycles. The maximum absolute atomic E-state index is 11.1. The number of carboxylic acid groups (broad SMARTS) is 1. The molecule has 2 rings (SSSR count). The summed E-state index contributed by atoms with van der Waals surface area (Å²) in [5.74, 6) is 0.00625. The van der Waals surface area contributed by atoms with Gasteiger partial charge in [0.05, 0.1) is 12.5 Å². The second-order valence-corrected chi connectivity index (χ2v) is 4.93. The molecule has 0 unspecified atom stereocenters. The molecule has 0 aliphatic carbocycles. The number of aliphatic carboxylic acids is 1. The van der Waals surface area contributed by atoms with E-state index in [2.05, 4.69) is 27.3 Å². The van der Waals surface area contributed by atoms with Crippen molar-refractivity contribution in [2.45, 2.75) is 33.4 Å². The minimum absolute atomic E-state index is 0.179. The SMILES string of the molecule is CCCn1nnnc1CN1C[C@@H](C)[C@H](C(=O)O)C1. The van der Waals surface area contributed by atoms with Crippen molar-refractivity contribution in [2.24, 2.45) is 11.8 Å². The van der Waals surface area contributed by atoms with Crippen LogP contribution in [-0.4, -0.2) is 49.3 Å². The average Bonchev–Trinajstić information content (AvgIpc) is 2.87. The minimum Gasteiger partial charge on any atom is -0.481 e. The van der Waals surface area contributed by atoms with E-state index in [1.54, 1.807) is 4.68 Å². The Bertz CT molecular complexity index is 419. The first-order valence-corrected chi connectivity index (χ1v) is 6.32. The minimum atomic E-state index is -0.710. The third-order valence-electron chi connectivity index (χ3n) is 3.41. The highest BCUT2D eigenvalue weighted by molar-refractivity contribution is 5.71. The van der Waals surface area contributed by atoms with Gasteiger partial charge in [-0.05, 0) is 22.8 Å². The number of rotatable bonds is 5. The summed E-state index contributed by atoms with van der Waals surface area (Å²) in [6.45, 7) is 6.85. The summed E-state index contributed by atoms with van der Waals surface area (Å²) >= 11 is 0. The quantitative estimate of drug-likeness (QED) is 0.809. The normalized spacial score (nSPS) is 24.6. The van der Waals surface area contributed by atoms with Crippen LogP contribution in [-0.2, 0) is 17.9 Å². The third kappa shape index (κ3) is 2.66. The van der Waals surface area contributed by atoms with E-state index in [1.807, 2.05) is 6.92 Å². The summed E-state index contributed by atoms with van der Waals surface area (Å²) in [5, 5.41) is 20.7. The second-order valence-electron chi connectivity index (χ2n) is 4.93. The lowest BCUT2D eigenvalue weighted by Gasteiger charge is -2.14. The molecule has 0 bridgehead atoms. The van der Waals surface area contributed by atoms with E-state index >= 15 is 0 Å². The lowest BCUT2D eigenvalue weighted by molar-refractivity contribution is -0.142. The summed E-state index contributed by atoms with van der Waals surface area (Å²) in [6, 6.07) is 0. The molecule has 0 amide bonds. The van der Waals surface area contributed by atoms with Crippen LogP contribution in [0.15, 0.2) is 0 Å². The number of hydrogen-bond donors (Lipinski definition) is 1. The van der Waals surface area contributed by atoms with Gasteiger partial charge in [0.1, 0.15) is 0 Å². The number of aromatic nitrogens is 4. The van der Waals surface area contributed by atoms with Gasteiger partial charge in [-0.3, -0.25) is 9.69 Å². The Morgan fingerprint density at radius 2 is 2.28 bits per heavy atom. The Kier molecular flexibility index (Phi) is 3.90. The lowest BCUT2D eigenvalue weighted by atomic mass is 9.99.